The average molecular weight is 269 g/mol. The lowest BCUT2D eigenvalue weighted by Crippen LogP contribution is -2.33. The van der Waals surface area contributed by atoms with Gasteiger partial charge in [0.1, 0.15) is 6.20 Å². The predicted molar refractivity (Wildman–Crippen MR) is 75.2 cm³/mol. The van der Waals surface area contributed by atoms with Crippen LogP contribution in [0.1, 0.15) is 21.7 Å². The van der Waals surface area contributed by atoms with E-state index in [1.54, 1.807) is 10.8 Å². The standard InChI is InChI=1S/C15H17N4O/c16-14(20)15-18-6-8-19(15)7-5-17-13-9-11-3-1-2-4-12(11)10-13/h1-4,8,13,17H,5,7,9-10H2,(H2,16,20). The molecule has 0 fully saturated rings. The summed E-state index contributed by atoms with van der Waals surface area (Å²) >= 11 is 0. The van der Waals surface area contributed by atoms with E-state index in [4.69, 9.17) is 5.73 Å². The number of aromatic nitrogens is 2. The minimum Gasteiger partial charge on any atom is -0.363 e. The summed E-state index contributed by atoms with van der Waals surface area (Å²) in [6.07, 6.45) is 6.44. The van der Waals surface area contributed by atoms with Crippen LogP contribution in [0.15, 0.2) is 30.5 Å². The fourth-order valence-corrected chi connectivity index (χ4v) is 2.74. The van der Waals surface area contributed by atoms with Crippen LogP contribution >= 0.6 is 0 Å². The van der Waals surface area contributed by atoms with Gasteiger partial charge in [-0.2, -0.15) is 0 Å². The van der Waals surface area contributed by atoms with Crippen molar-refractivity contribution in [2.45, 2.75) is 25.4 Å². The van der Waals surface area contributed by atoms with Crippen LogP contribution in [0.4, 0.5) is 0 Å². The van der Waals surface area contributed by atoms with Crippen LogP contribution in [0.3, 0.4) is 0 Å². The van der Waals surface area contributed by atoms with E-state index in [1.807, 2.05) is 0 Å². The first-order valence-electron chi connectivity index (χ1n) is 6.77. The molecule has 0 bridgehead atoms. The normalized spacial score (nSPS) is 14.4. The number of fused-ring (bicyclic) bond motifs is 1. The summed E-state index contributed by atoms with van der Waals surface area (Å²) in [5, 5.41) is 3.52. The third-order valence-electron chi connectivity index (χ3n) is 3.71. The summed E-state index contributed by atoms with van der Waals surface area (Å²) in [7, 11) is 0. The molecule has 3 N–H and O–H groups in total. The van der Waals surface area contributed by atoms with Gasteiger partial charge in [0.15, 0.2) is 5.82 Å². The Hall–Kier alpha value is -2.14. The number of hydrogen-bond acceptors (Lipinski definition) is 3. The molecule has 5 nitrogen and oxygen atoms in total. The third kappa shape index (κ3) is 2.58. The van der Waals surface area contributed by atoms with Gasteiger partial charge in [-0.25, -0.2) is 4.98 Å². The first-order valence-corrected chi connectivity index (χ1v) is 6.77. The number of nitrogens with one attached hydrogen (secondary N) is 1. The first-order chi connectivity index (χ1) is 9.74. The Labute approximate surface area is 117 Å². The van der Waals surface area contributed by atoms with Crippen molar-refractivity contribution in [3.8, 4) is 0 Å². The summed E-state index contributed by atoms with van der Waals surface area (Å²) < 4.78 is 1.73. The lowest BCUT2D eigenvalue weighted by molar-refractivity contribution is 0.0986. The molecule has 1 heterocycles. The molecular weight excluding hydrogens is 252 g/mol. The average Bonchev–Trinajstić information content (AvgIpc) is 3.04. The highest BCUT2D eigenvalue weighted by Gasteiger charge is 2.20. The Kier molecular flexibility index (Phi) is 3.52. The van der Waals surface area contributed by atoms with Crippen LogP contribution in [0.5, 0.6) is 0 Å². The van der Waals surface area contributed by atoms with Crippen LogP contribution < -0.4 is 11.1 Å². The zero-order valence-corrected chi connectivity index (χ0v) is 11.2. The highest BCUT2D eigenvalue weighted by Crippen LogP contribution is 2.21. The molecule has 0 spiro atoms. The summed E-state index contributed by atoms with van der Waals surface area (Å²) in [5.41, 5.74) is 8.11. The molecule has 3 rings (SSSR count). The molecule has 0 saturated heterocycles. The quantitative estimate of drug-likeness (QED) is 0.832. The van der Waals surface area contributed by atoms with Crippen molar-refractivity contribution in [2.24, 2.45) is 5.73 Å². The molecule has 1 amide bonds. The molecule has 1 aliphatic carbocycles. The minimum absolute atomic E-state index is 0.265. The number of imidazole rings is 1. The summed E-state index contributed by atoms with van der Waals surface area (Å²) in [5.74, 6) is -0.249. The van der Waals surface area contributed by atoms with Crippen LogP contribution in [-0.2, 0) is 19.4 Å². The van der Waals surface area contributed by atoms with Gasteiger partial charge in [0, 0.05) is 25.3 Å². The van der Waals surface area contributed by atoms with Crippen molar-refractivity contribution < 1.29 is 4.79 Å². The number of carbonyl (C=O) groups is 1. The Bertz CT molecular complexity index is 595. The van der Waals surface area contributed by atoms with Crippen LogP contribution in [0.2, 0.25) is 0 Å². The van der Waals surface area contributed by atoms with Crippen LogP contribution in [0, 0.1) is 6.20 Å². The van der Waals surface area contributed by atoms with Crippen molar-refractivity contribution in [3.05, 3.63) is 53.6 Å². The Morgan fingerprint density at radius 1 is 1.40 bits per heavy atom. The molecule has 103 valence electrons. The van der Waals surface area contributed by atoms with Gasteiger partial charge in [-0.1, -0.05) is 24.3 Å². The SMILES string of the molecule is NC(=O)c1n[c]cn1CCNC1Cc2ccccc2C1. The highest BCUT2D eigenvalue weighted by molar-refractivity contribution is 5.89. The fourth-order valence-electron chi connectivity index (χ4n) is 2.74. The van der Waals surface area contributed by atoms with Crippen LogP contribution in [0.25, 0.3) is 0 Å². The molecule has 0 atom stereocenters. The molecule has 0 aliphatic heterocycles. The smallest absolute Gasteiger partial charge is 0.284 e. The first kappa shape index (κ1) is 12.9. The number of rotatable bonds is 5. The largest absolute Gasteiger partial charge is 0.363 e. The van der Waals surface area contributed by atoms with Gasteiger partial charge >= 0.3 is 0 Å². The summed E-state index contributed by atoms with van der Waals surface area (Å²) in [6, 6.07) is 9.01. The zero-order chi connectivity index (χ0) is 13.9. The maximum absolute atomic E-state index is 11.1. The maximum Gasteiger partial charge on any atom is 0.284 e. The minimum atomic E-state index is -0.514. The van der Waals surface area contributed by atoms with E-state index >= 15 is 0 Å². The van der Waals surface area contributed by atoms with Crippen molar-refractivity contribution in [1.29, 1.82) is 0 Å². The fraction of sp³-hybridized carbons (Fsp3) is 0.333. The van der Waals surface area contributed by atoms with Gasteiger partial charge in [0.25, 0.3) is 5.91 Å². The van der Waals surface area contributed by atoms with Gasteiger partial charge in [-0.15, -0.1) is 0 Å². The van der Waals surface area contributed by atoms with Gasteiger partial charge < -0.3 is 15.6 Å². The van der Waals surface area contributed by atoms with E-state index in [0.717, 1.165) is 19.4 Å². The number of primary amides is 1. The van der Waals surface area contributed by atoms with E-state index < -0.39 is 5.91 Å². The maximum atomic E-state index is 11.1. The number of benzene rings is 1. The van der Waals surface area contributed by atoms with E-state index in [-0.39, 0.29) is 5.82 Å². The van der Waals surface area contributed by atoms with Crippen molar-refractivity contribution >= 4 is 5.91 Å². The molecular formula is C15H17N4O. The number of nitrogens with zero attached hydrogens (tertiary/aromatic N) is 2. The molecule has 1 radical (unpaired) electrons. The van der Waals surface area contributed by atoms with Crippen LogP contribution in [-0.4, -0.2) is 28.0 Å². The topological polar surface area (TPSA) is 72.9 Å². The van der Waals surface area contributed by atoms with Crippen molar-refractivity contribution in [3.63, 3.8) is 0 Å². The van der Waals surface area contributed by atoms with Crippen molar-refractivity contribution in [1.82, 2.24) is 14.9 Å². The molecule has 0 saturated carbocycles. The second-order valence-corrected chi connectivity index (χ2v) is 5.08. The molecule has 1 aliphatic rings. The highest BCUT2D eigenvalue weighted by atomic mass is 16.1. The number of hydrogen-bond donors (Lipinski definition) is 2. The Morgan fingerprint density at radius 3 is 2.75 bits per heavy atom. The Morgan fingerprint density at radius 2 is 2.10 bits per heavy atom. The lowest BCUT2D eigenvalue weighted by atomic mass is 10.1. The van der Waals surface area contributed by atoms with Gasteiger partial charge in [-0.3, -0.25) is 4.79 Å². The molecule has 1 aromatic heterocycles. The molecule has 0 unspecified atom stereocenters. The second-order valence-electron chi connectivity index (χ2n) is 5.08. The number of nitrogens with two attached hydrogens (primary N) is 1. The van der Waals surface area contributed by atoms with Gasteiger partial charge in [-0.05, 0) is 24.0 Å². The molecule has 20 heavy (non-hydrogen) atoms. The summed E-state index contributed by atoms with van der Waals surface area (Å²) in [6.45, 7) is 1.45. The number of carbonyl (C=O) groups excluding carboxylic acids is 1. The van der Waals surface area contributed by atoms with E-state index in [0.29, 0.717) is 12.6 Å². The molecule has 5 heteroatoms. The van der Waals surface area contributed by atoms with E-state index in [9.17, 15) is 4.79 Å². The van der Waals surface area contributed by atoms with Crippen molar-refractivity contribution in [2.75, 3.05) is 6.54 Å². The molecule has 2 aromatic rings. The Balaban J connectivity index is 1.52. The summed E-state index contributed by atoms with van der Waals surface area (Å²) in [4.78, 5) is 15.0. The zero-order valence-electron chi connectivity index (χ0n) is 11.2. The monoisotopic (exact) mass is 269 g/mol. The van der Waals surface area contributed by atoms with Gasteiger partial charge in [0.05, 0.1) is 0 Å². The van der Waals surface area contributed by atoms with Gasteiger partial charge in [0.2, 0.25) is 0 Å². The predicted octanol–water partition coefficient (Wildman–Crippen LogP) is 0.539. The number of amides is 1. The second kappa shape index (κ2) is 5.46. The van der Waals surface area contributed by atoms with E-state index in [1.165, 1.54) is 11.1 Å². The third-order valence-corrected chi connectivity index (χ3v) is 3.71. The van der Waals surface area contributed by atoms with E-state index in [2.05, 4.69) is 40.8 Å². The molecule has 1 aromatic carbocycles. The lowest BCUT2D eigenvalue weighted by Gasteiger charge is -2.12.